The fraction of sp³-hybridized carbons (Fsp3) is 0.103. The lowest BCUT2D eigenvalue weighted by Crippen LogP contribution is -2.35. The Bertz CT molecular complexity index is 1850. The fourth-order valence-corrected chi connectivity index (χ4v) is 4.22. The minimum atomic E-state index is -0.355. The molecule has 3 aromatic carbocycles. The van der Waals surface area contributed by atoms with Gasteiger partial charge < -0.3 is 10.1 Å². The molecule has 3 aromatic heterocycles. The van der Waals surface area contributed by atoms with Gasteiger partial charge in [0.1, 0.15) is 13.2 Å². The summed E-state index contributed by atoms with van der Waals surface area (Å²) in [5, 5.41) is 22.2. The van der Waals surface area contributed by atoms with E-state index in [4.69, 9.17) is 4.74 Å². The van der Waals surface area contributed by atoms with Gasteiger partial charge in [-0.15, -0.1) is 15.3 Å². The zero-order valence-electron chi connectivity index (χ0n) is 20.8. The number of hydrogen-bond donors (Lipinski definition) is 1. The lowest BCUT2D eigenvalue weighted by atomic mass is 10.1. The smallest absolute Gasteiger partial charge is 0.267 e. The Labute approximate surface area is 222 Å². The number of nitrogens with zero attached hydrogens (tertiary/aromatic N) is 6. The van der Waals surface area contributed by atoms with Crippen molar-refractivity contribution in [2.45, 2.75) is 6.54 Å². The van der Waals surface area contributed by atoms with Crippen LogP contribution in [0.3, 0.4) is 0 Å². The van der Waals surface area contributed by atoms with Gasteiger partial charge in [0.15, 0.2) is 11.5 Å². The predicted molar refractivity (Wildman–Crippen MR) is 146 cm³/mol. The number of ether oxygens (including phenoxy) is 1. The molecule has 6 rings (SSSR count). The first-order valence-electron chi connectivity index (χ1n) is 12.4. The first-order valence-corrected chi connectivity index (χ1v) is 12.4. The molecule has 0 radical (unpaired) electrons. The van der Waals surface area contributed by atoms with Crippen molar-refractivity contribution < 1.29 is 9.53 Å². The molecule has 0 spiro atoms. The standard InChI is InChI=1S/C29H23N7O3/c37-26(19-35-28(38)15-12-24(33-35)23-11-10-20-6-4-5-9-22(20)18-23)30-16-17-39-27-14-13-25-31-32-29(36(25)34-27)21-7-2-1-3-8-21/h1-15,18H,16-17,19H2,(H,30,37). The van der Waals surface area contributed by atoms with E-state index in [1.807, 2.05) is 72.8 Å². The van der Waals surface area contributed by atoms with Gasteiger partial charge in [0, 0.05) is 23.3 Å². The van der Waals surface area contributed by atoms with Crippen molar-refractivity contribution in [3.8, 4) is 28.5 Å². The molecular formula is C29H23N7O3. The van der Waals surface area contributed by atoms with Crippen LogP contribution in [0.2, 0.25) is 0 Å². The maximum absolute atomic E-state index is 12.5. The number of carbonyl (C=O) groups excluding carboxylic acids is 1. The number of nitrogens with one attached hydrogen (secondary N) is 1. The molecule has 0 saturated carbocycles. The van der Waals surface area contributed by atoms with Crippen LogP contribution in [0.25, 0.3) is 39.1 Å². The number of hydrogen-bond acceptors (Lipinski definition) is 7. The number of rotatable bonds is 8. The van der Waals surface area contributed by atoms with Gasteiger partial charge in [-0.25, -0.2) is 4.68 Å². The van der Waals surface area contributed by atoms with Crippen molar-refractivity contribution in [1.29, 1.82) is 0 Å². The van der Waals surface area contributed by atoms with Crippen molar-refractivity contribution in [3.05, 3.63) is 107 Å². The highest BCUT2D eigenvalue weighted by molar-refractivity contribution is 5.86. The second kappa shape index (κ2) is 10.5. The third kappa shape index (κ3) is 5.21. The Kier molecular flexibility index (Phi) is 6.48. The number of aromatic nitrogens is 6. The van der Waals surface area contributed by atoms with Gasteiger partial charge in [0.05, 0.1) is 12.2 Å². The molecule has 192 valence electrons. The van der Waals surface area contributed by atoms with Crippen LogP contribution in [0.4, 0.5) is 0 Å². The highest BCUT2D eigenvalue weighted by Crippen LogP contribution is 2.22. The summed E-state index contributed by atoms with van der Waals surface area (Å²) in [6.45, 7) is 0.212. The summed E-state index contributed by atoms with van der Waals surface area (Å²) in [7, 11) is 0. The molecule has 0 saturated heterocycles. The molecule has 0 unspecified atom stereocenters. The normalized spacial score (nSPS) is 11.1. The average Bonchev–Trinajstić information content (AvgIpc) is 3.40. The van der Waals surface area contributed by atoms with E-state index < -0.39 is 0 Å². The Morgan fingerprint density at radius 3 is 2.49 bits per heavy atom. The second-order valence-corrected chi connectivity index (χ2v) is 8.81. The van der Waals surface area contributed by atoms with Crippen LogP contribution in [0.15, 0.2) is 102 Å². The lowest BCUT2D eigenvalue weighted by Gasteiger charge is -2.10. The van der Waals surface area contributed by atoms with Crippen LogP contribution in [0, 0.1) is 0 Å². The Hall–Kier alpha value is -5.38. The molecule has 10 heteroatoms. The van der Waals surface area contributed by atoms with Crippen molar-refractivity contribution in [2.24, 2.45) is 0 Å². The third-order valence-corrected chi connectivity index (χ3v) is 6.15. The maximum Gasteiger partial charge on any atom is 0.267 e. The molecule has 3 heterocycles. The summed E-state index contributed by atoms with van der Waals surface area (Å²) in [6, 6.07) is 30.2. The summed E-state index contributed by atoms with van der Waals surface area (Å²) in [5.74, 6) is 0.625. The molecule has 0 aliphatic rings. The zero-order valence-corrected chi connectivity index (χ0v) is 20.8. The molecule has 0 fully saturated rings. The molecule has 6 aromatic rings. The van der Waals surface area contributed by atoms with Gasteiger partial charge in [-0.05, 0) is 29.0 Å². The van der Waals surface area contributed by atoms with E-state index in [2.05, 4.69) is 25.7 Å². The van der Waals surface area contributed by atoms with Crippen molar-refractivity contribution >= 4 is 22.3 Å². The lowest BCUT2D eigenvalue weighted by molar-refractivity contribution is -0.122. The molecule has 1 N–H and O–H groups in total. The number of fused-ring (bicyclic) bond motifs is 2. The van der Waals surface area contributed by atoms with E-state index in [0.717, 1.165) is 26.6 Å². The Morgan fingerprint density at radius 1 is 0.795 bits per heavy atom. The molecule has 1 amide bonds. The first kappa shape index (κ1) is 24.0. The minimum absolute atomic E-state index is 0.187. The highest BCUT2D eigenvalue weighted by atomic mass is 16.5. The topological polar surface area (TPSA) is 116 Å². The van der Waals surface area contributed by atoms with Gasteiger partial charge in [0.25, 0.3) is 5.56 Å². The van der Waals surface area contributed by atoms with Crippen LogP contribution in [0.1, 0.15) is 0 Å². The van der Waals surface area contributed by atoms with E-state index in [1.54, 1.807) is 22.7 Å². The monoisotopic (exact) mass is 517 g/mol. The number of benzene rings is 3. The number of carbonyl (C=O) groups is 1. The summed E-state index contributed by atoms with van der Waals surface area (Å²) in [6.07, 6.45) is 0. The van der Waals surface area contributed by atoms with Crippen molar-refractivity contribution in [3.63, 3.8) is 0 Å². The summed E-state index contributed by atoms with van der Waals surface area (Å²) < 4.78 is 8.50. The molecular weight excluding hydrogens is 494 g/mol. The van der Waals surface area contributed by atoms with Crippen LogP contribution in [-0.4, -0.2) is 48.7 Å². The van der Waals surface area contributed by atoms with E-state index >= 15 is 0 Å². The molecule has 0 aliphatic heterocycles. The van der Waals surface area contributed by atoms with Gasteiger partial charge in [-0.1, -0.05) is 66.7 Å². The van der Waals surface area contributed by atoms with E-state index in [0.29, 0.717) is 23.0 Å². The summed E-state index contributed by atoms with van der Waals surface area (Å²) in [4.78, 5) is 24.9. The van der Waals surface area contributed by atoms with Crippen molar-refractivity contribution in [1.82, 2.24) is 34.9 Å². The predicted octanol–water partition coefficient (Wildman–Crippen LogP) is 3.36. The van der Waals surface area contributed by atoms with E-state index in [1.165, 1.54) is 6.07 Å². The quantitative estimate of drug-likeness (QED) is 0.308. The zero-order chi connectivity index (χ0) is 26.6. The summed E-state index contributed by atoms with van der Waals surface area (Å²) >= 11 is 0. The van der Waals surface area contributed by atoms with E-state index in [-0.39, 0.29) is 31.2 Å². The van der Waals surface area contributed by atoms with Gasteiger partial charge >= 0.3 is 0 Å². The van der Waals surface area contributed by atoms with Gasteiger partial charge in [-0.3, -0.25) is 9.59 Å². The second-order valence-electron chi connectivity index (χ2n) is 8.81. The molecule has 10 nitrogen and oxygen atoms in total. The maximum atomic E-state index is 12.5. The molecule has 0 aliphatic carbocycles. The van der Waals surface area contributed by atoms with Gasteiger partial charge in [-0.2, -0.15) is 9.61 Å². The largest absolute Gasteiger partial charge is 0.475 e. The minimum Gasteiger partial charge on any atom is -0.475 e. The Balaban J connectivity index is 1.07. The third-order valence-electron chi connectivity index (χ3n) is 6.15. The van der Waals surface area contributed by atoms with Crippen LogP contribution in [-0.2, 0) is 11.3 Å². The van der Waals surface area contributed by atoms with Crippen molar-refractivity contribution in [2.75, 3.05) is 13.2 Å². The molecule has 0 bridgehead atoms. The fourth-order valence-electron chi connectivity index (χ4n) is 4.22. The first-order chi connectivity index (χ1) is 19.1. The molecule has 0 atom stereocenters. The van der Waals surface area contributed by atoms with E-state index in [9.17, 15) is 9.59 Å². The SMILES string of the molecule is O=C(Cn1nc(-c2ccc3ccccc3c2)ccc1=O)NCCOc1ccc2nnc(-c3ccccc3)n2n1. The number of amides is 1. The average molecular weight is 518 g/mol. The highest BCUT2D eigenvalue weighted by Gasteiger charge is 2.11. The van der Waals surface area contributed by atoms with Crippen LogP contribution < -0.4 is 15.6 Å². The molecule has 39 heavy (non-hydrogen) atoms. The van der Waals surface area contributed by atoms with Crippen LogP contribution in [0.5, 0.6) is 5.88 Å². The van der Waals surface area contributed by atoms with Crippen LogP contribution >= 0.6 is 0 Å². The van der Waals surface area contributed by atoms with Gasteiger partial charge in [0.2, 0.25) is 11.8 Å². The summed E-state index contributed by atoms with van der Waals surface area (Å²) in [5.41, 5.74) is 2.60. The Morgan fingerprint density at radius 2 is 1.62 bits per heavy atom.